The molecule has 0 aromatic heterocycles. The molecule has 0 heterocycles. The molecule has 9 heteroatoms. The van der Waals surface area contributed by atoms with Crippen molar-refractivity contribution in [2.24, 2.45) is 0 Å². The summed E-state index contributed by atoms with van der Waals surface area (Å²) in [5, 5.41) is 0. The Balaban J connectivity index is 4.12. The minimum atomic E-state index is -4.28. The number of phosphoric ester groups is 1. The van der Waals surface area contributed by atoms with Gasteiger partial charge in [0.25, 0.3) is 0 Å². The number of nitrogens with zero attached hydrogens (tertiary/aromatic N) is 1. The van der Waals surface area contributed by atoms with Crippen molar-refractivity contribution >= 4 is 13.8 Å². The van der Waals surface area contributed by atoms with E-state index in [1.54, 1.807) is 0 Å². The summed E-state index contributed by atoms with van der Waals surface area (Å²) >= 11 is 0. The van der Waals surface area contributed by atoms with Crippen LogP contribution in [0.4, 0.5) is 0 Å². The fourth-order valence-corrected chi connectivity index (χ4v) is 7.20. The van der Waals surface area contributed by atoms with Gasteiger partial charge in [0.15, 0.2) is 0 Å². The fourth-order valence-electron chi connectivity index (χ4n) is 6.46. The molecule has 0 rings (SSSR count). The Hall–Kier alpha value is -2.06. The fraction of sp³-hybridized carbons (Fsp3) is 0.750. The van der Waals surface area contributed by atoms with Crippen molar-refractivity contribution in [3.8, 4) is 0 Å². The molecule has 2 unspecified atom stereocenters. The second kappa shape index (κ2) is 44.5. The van der Waals surface area contributed by atoms with Crippen LogP contribution in [0.15, 0.2) is 72.9 Å². The molecule has 0 aliphatic carbocycles. The normalized spacial score (nSPS) is 14.3. The van der Waals surface area contributed by atoms with Crippen molar-refractivity contribution in [1.82, 2.24) is 0 Å². The molecule has 354 valence electrons. The van der Waals surface area contributed by atoms with E-state index in [2.05, 4.69) is 86.8 Å². The van der Waals surface area contributed by atoms with Gasteiger partial charge in [-0.15, -0.1) is 0 Å². The maximum Gasteiger partial charge on any atom is 0.472 e. The van der Waals surface area contributed by atoms with Crippen LogP contribution in [0.2, 0.25) is 0 Å². The molecule has 0 radical (unpaired) electrons. The van der Waals surface area contributed by atoms with E-state index >= 15 is 0 Å². The number of hydrogen-bond donors (Lipinski definition) is 1. The molecule has 0 spiro atoms. The molecule has 0 saturated heterocycles. The highest BCUT2D eigenvalue weighted by molar-refractivity contribution is 7.47. The zero-order chi connectivity index (χ0) is 44.8. The Bertz CT molecular complexity index is 1200. The predicted octanol–water partition coefficient (Wildman–Crippen LogP) is 15.1. The van der Waals surface area contributed by atoms with Crippen molar-refractivity contribution in [1.29, 1.82) is 0 Å². The monoisotopic (exact) mass is 877 g/mol. The number of quaternary nitrogens is 1. The van der Waals surface area contributed by atoms with Crippen LogP contribution in [-0.4, -0.2) is 75.6 Å². The van der Waals surface area contributed by atoms with Gasteiger partial charge in [-0.1, -0.05) is 177 Å². The third-order valence-electron chi connectivity index (χ3n) is 10.3. The number of phosphoric acid groups is 1. The van der Waals surface area contributed by atoms with Gasteiger partial charge in [-0.25, -0.2) is 4.57 Å². The predicted molar refractivity (Wildman–Crippen MR) is 261 cm³/mol. The molecule has 2 atom stereocenters. The van der Waals surface area contributed by atoms with Crippen LogP contribution >= 0.6 is 7.82 Å². The highest BCUT2D eigenvalue weighted by Crippen LogP contribution is 2.43. The molecule has 61 heavy (non-hydrogen) atoms. The second-order valence-electron chi connectivity index (χ2n) is 17.5. The number of carbonyl (C=O) groups is 1. The van der Waals surface area contributed by atoms with Gasteiger partial charge in [0.1, 0.15) is 19.3 Å². The zero-order valence-electron chi connectivity index (χ0n) is 40.1. The first kappa shape index (κ1) is 58.9. The lowest BCUT2D eigenvalue weighted by atomic mass is 10.1. The van der Waals surface area contributed by atoms with Crippen LogP contribution in [0, 0.1) is 0 Å². The summed E-state index contributed by atoms with van der Waals surface area (Å²) in [6, 6.07) is 0. The molecule has 0 aromatic rings. The lowest BCUT2D eigenvalue weighted by Gasteiger charge is -2.24. The van der Waals surface area contributed by atoms with E-state index in [0.717, 1.165) is 77.0 Å². The van der Waals surface area contributed by atoms with Crippen LogP contribution in [0.3, 0.4) is 0 Å². The number of allylic oxidation sites excluding steroid dienone is 12. The number of unbranched alkanes of at least 4 members (excludes halogenated alkanes) is 19. The molecule has 0 amide bonds. The van der Waals surface area contributed by atoms with E-state index in [4.69, 9.17) is 18.5 Å². The number of esters is 1. The molecule has 8 nitrogen and oxygen atoms in total. The van der Waals surface area contributed by atoms with Crippen molar-refractivity contribution < 1.29 is 37.3 Å². The molecular formula is C52H95NO7P+. The van der Waals surface area contributed by atoms with Gasteiger partial charge in [-0.2, -0.15) is 0 Å². The number of hydrogen-bond acceptors (Lipinski definition) is 6. The number of rotatable bonds is 45. The number of carbonyl (C=O) groups excluding carboxylic acids is 1. The Kier molecular flexibility index (Phi) is 43.0. The van der Waals surface area contributed by atoms with Crippen molar-refractivity contribution in [3.05, 3.63) is 72.9 Å². The molecule has 0 aliphatic heterocycles. The van der Waals surface area contributed by atoms with Crippen LogP contribution in [0.5, 0.6) is 0 Å². The average Bonchev–Trinajstić information content (AvgIpc) is 3.22. The second-order valence-corrected chi connectivity index (χ2v) is 18.9. The Morgan fingerprint density at radius 3 is 1.44 bits per heavy atom. The maximum absolute atomic E-state index is 12.7. The van der Waals surface area contributed by atoms with E-state index in [-0.39, 0.29) is 25.8 Å². The standard InChI is InChI=1S/C52H94NO7P/c1-6-8-10-12-14-16-18-20-21-22-23-24-25-26-27-28-29-30-31-32-34-36-38-40-42-44-47-57-49-51(50-59-61(55,56)58-48-46-53(3,4)5)60-52(54)45-43-41-39-37-35-33-19-17-15-13-11-9-7-2/h8,10,14,16-17,19-21,23-24,26-27,51H,6-7,9,11-13,15,18,22,25,28-50H2,1-5H3/p+1/b10-8-,16-14-,19-17-,21-20-,24-23-,27-26-. The van der Waals surface area contributed by atoms with Gasteiger partial charge in [-0.3, -0.25) is 13.8 Å². The summed E-state index contributed by atoms with van der Waals surface area (Å²) in [4.78, 5) is 22.9. The first-order valence-corrected chi connectivity index (χ1v) is 26.2. The molecule has 0 fully saturated rings. The number of ether oxygens (including phenoxy) is 2. The van der Waals surface area contributed by atoms with E-state index in [0.29, 0.717) is 24.1 Å². The van der Waals surface area contributed by atoms with Gasteiger partial charge < -0.3 is 18.9 Å². The molecule has 0 bridgehead atoms. The molecule has 1 N–H and O–H groups in total. The Morgan fingerprint density at radius 1 is 0.525 bits per heavy atom. The lowest BCUT2D eigenvalue weighted by Crippen LogP contribution is -2.37. The summed E-state index contributed by atoms with van der Waals surface area (Å²) in [6.07, 6.45) is 58.0. The third kappa shape index (κ3) is 48.8. The van der Waals surface area contributed by atoms with Gasteiger partial charge in [0, 0.05) is 13.0 Å². The third-order valence-corrected chi connectivity index (χ3v) is 11.2. The highest BCUT2D eigenvalue weighted by Gasteiger charge is 2.26. The van der Waals surface area contributed by atoms with Crippen molar-refractivity contribution in [2.45, 2.75) is 200 Å². The molecular weight excluding hydrogens is 782 g/mol. The van der Waals surface area contributed by atoms with Gasteiger partial charge in [0.05, 0.1) is 34.4 Å². The SMILES string of the molecule is CC/C=C\C/C=C\C/C=C\C/C=C\C/C=C\CCCCCCCCCCCCOCC(COP(=O)(O)OCC[N+](C)(C)C)OC(=O)CCCCCCC/C=C\CCCCCC. The van der Waals surface area contributed by atoms with Gasteiger partial charge >= 0.3 is 13.8 Å². The van der Waals surface area contributed by atoms with Crippen LogP contribution in [0.25, 0.3) is 0 Å². The van der Waals surface area contributed by atoms with E-state index in [1.165, 1.54) is 96.3 Å². The molecule has 0 aliphatic rings. The van der Waals surface area contributed by atoms with E-state index < -0.39 is 13.9 Å². The highest BCUT2D eigenvalue weighted by atomic mass is 31.2. The maximum atomic E-state index is 12.7. The Labute approximate surface area is 376 Å². The lowest BCUT2D eigenvalue weighted by molar-refractivity contribution is -0.870. The summed E-state index contributed by atoms with van der Waals surface area (Å²) in [7, 11) is 1.65. The smallest absolute Gasteiger partial charge is 0.457 e. The zero-order valence-corrected chi connectivity index (χ0v) is 41.0. The summed E-state index contributed by atoms with van der Waals surface area (Å²) in [5.41, 5.74) is 0. The van der Waals surface area contributed by atoms with Crippen molar-refractivity contribution in [3.63, 3.8) is 0 Å². The molecule has 0 aromatic carbocycles. The summed E-state index contributed by atoms with van der Waals surface area (Å²) < 4.78 is 35.1. The van der Waals surface area contributed by atoms with E-state index in [1.807, 2.05) is 21.1 Å². The minimum absolute atomic E-state index is 0.0833. The van der Waals surface area contributed by atoms with Crippen LogP contribution < -0.4 is 0 Å². The number of likely N-dealkylation sites (N-methyl/N-ethyl adjacent to an activating group) is 1. The van der Waals surface area contributed by atoms with Crippen LogP contribution in [0.1, 0.15) is 194 Å². The van der Waals surface area contributed by atoms with Crippen LogP contribution in [-0.2, 0) is 27.9 Å². The largest absolute Gasteiger partial charge is 0.472 e. The first-order chi connectivity index (χ1) is 29.6. The quantitative estimate of drug-likeness (QED) is 0.0214. The summed E-state index contributed by atoms with van der Waals surface area (Å²) in [6.45, 7) is 5.47. The Morgan fingerprint density at radius 2 is 0.951 bits per heavy atom. The van der Waals surface area contributed by atoms with Gasteiger partial charge in [0.2, 0.25) is 0 Å². The summed E-state index contributed by atoms with van der Waals surface area (Å²) in [5.74, 6) is -0.327. The van der Waals surface area contributed by atoms with E-state index in [9.17, 15) is 14.3 Å². The first-order valence-electron chi connectivity index (χ1n) is 24.7. The minimum Gasteiger partial charge on any atom is -0.457 e. The topological polar surface area (TPSA) is 91.3 Å². The molecule has 0 saturated carbocycles. The van der Waals surface area contributed by atoms with Crippen molar-refractivity contribution in [2.75, 3.05) is 54.1 Å². The van der Waals surface area contributed by atoms with Gasteiger partial charge in [-0.05, 0) is 83.5 Å². The average molecular weight is 877 g/mol.